The van der Waals surface area contributed by atoms with Crippen LogP contribution in [0.25, 0.3) is 88.3 Å². The molecule has 2 aliphatic rings. The maximum Gasteiger partial charge on any atom is 0.0893 e. The largest absolute Gasteiger partial charge is 0.255 e. The molecule has 254 valence electrons. The van der Waals surface area contributed by atoms with Gasteiger partial charge in [-0.3, -0.25) is 4.98 Å². The molecule has 2 nitrogen and oxygen atoms in total. The van der Waals surface area contributed by atoms with Crippen molar-refractivity contribution in [3.63, 3.8) is 0 Å². The van der Waals surface area contributed by atoms with Gasteiger partial charge in [-0.25, -0.2) is 4.98 Å². The Balaban J connectivity index is 1.11. The van der Waals surface area contributed by atoms with Gasteiger partial charge in [0.25, 0.3) is 0 Å². The van der Waals surface area contributed by atoms with E-state index in [-0.39, 0.29) is 0 Å². The summed E-state index contributed by atoms with van der Waals surface area (Å²) < 4.78 is 0. The Kier molecular flexibility index (Phi) is 6.29. The SMILES string of the molecule is c1ccc(-c2cccc(-c3cccc(-c4ccc5cc6c(cc5c4)C4(c5ccccc5-c5ccccc54)c4c-6c5ccccc5c5ccccc45)c3)n2)nc1. The number of fused-ring (bicyclic) bond motifs is 16. The summed E-state index contributed by atoms with van der Waals surface area (Å²) in [5, 5.41) is 7.71. The lowest BCUT2D eigenvalue weighted by atomic mass is 9.69. The van der Waals surface area contributed by atoms with Gasteiger partial charge in [0.1, 0.15) is 0 Å². The van der Waals surface area contributed by atoms with Crippen LogP contribution in [-0.4, -0.2) is 9.97 Å². The van der Waals surface area contributed by atoms with Gasteiger partial charge >= 0.3 is 0 Å². The van der Waals surface area contributed by atoms with E-state index in [4.69, 9.17) is 4.98 Å². The highest BCUT2D eigenvalue weighted by Gasteiger charge is 2.53. The zero-order valence-electron chi connectivity index (χ0n) is 29.9. The van der Waals surface area contributed by atoms with Crippen LogP contribution in [0.2, 0.25) is 0 Å². The minimum atomic E-state index is -0.462. The van der Waals surface area contributed by atoms with Crippen LogP contribution in [0.5, 0.6) is 0 Å². The Morgan fingerprint density at radius 2 is 0.964 bits per heavy atom. The molecule has 55 heavy (non-hydrogen) atoms. The van der Waals surface area contributed by atoms with Crippen molar-refractivity contribution in [3.05, 3.63) is 217 Å². The second-order valence-corrected chi connectivity index (χ2v) is 14.8. The summed E-state index contributed by atoms with van der Waals surface area (Å²) >= 11 is 0. The van der Waals surface area contributed by atoms with Gasteiger partial charge < -0.3 is 0 Å². The predicted molar refractivity (Wildman–Crippen MR) is 227 cm³/mol. The fraction of sp³-hybridized carbons (Fsp3) is 0.0189. The number of rotatable bonds is 3. The average Bonchev–Trinajstić information content (AvgIpc) is 3.73. The van der Waals surface area contributed by atoms with E-state index in [0.29, 0.717) is 0 Å². The first-order valence-corrected chi connectivity index (χ1v) is 19.0. The van der Waals surface area contributed by atoms with Crippen LogP contribution >= 0.6 is 0 Å². The molecule has 0 fully saturated rings. The second-order valence-electron chi connectivity index (χ2n) is 14.8. The van der Waals surface area contributed by atoms with E-state index in [1.54, 1.807) is 0 Å². The zero-order valence-corrected chi connectivity index (χ0v) is 29.9. The minimum absolute atomic E-state index is 0.462. The first-order chi connectivity index (χ1) is 27.3. The number of hydrogen-bond acceptors (Lipinski definition) is 2. The van der Waals surface area contributed by atoms with Crippen molar-refractivity contribution >= 4 is 32.3 Å². The van der Waals surface area contributed by atoms with E-state index in [1.807, 2.05) is 30.5 Å². The molecule has 2 heterocycles. The molecule has 0 bridgehead atoms. The smallest absolute Gasteiger partial charge is 0.0893 e. The molecule has 0 radical (unpaired) electrons. The lowest BCUT2D eigenvalue weighted by molar-refractivity contribution is 0.803. The summed E-state index contributed by atoms with van der Waals surface area (Å²) in [6.45, 7) is 0. The quantitative estimate of drug-likeness (QED) is 0.172. The molecule has 8 aromatic carbocycles. The number of nitrogens with zero attached hydrogens (tertiary/aromatic N) is 2. The van der Waals surface area contributed by atoms with Gasteiger partial charge in [-0.05, 0) is 136 Å². The highest BCUT2D eigenvalue weighted by atomic mass is 14.8. The average molecular weight is 697 g/mol. The predicted octanol–water partition coefficient (Wildman–Crippen LogP) is 13.3. The summed E-state index contributed by atoms with van der Waals surface area (Å²) in [5.41, 5.74) is 16.4. The fourth-order valence-corrected chi connectivity index (χ4v) is 9.84. The van der Waals surface area contributed by atoms with Crippen LogP contribution < -0.4 is 0 Å². The van der Waals surface area contributed by atoms with Gasteiger partial charge in [0, 0.05) is 11.8 Å². The van der Waals surface area contributed by atoms with E-state index >= 15 is 0 Å². The van der Waals surface area contributed by atoms with E-state index in [1.165, 1.54) is 82.4 Å². The van der Waals surface area contributed by atoms with Crippen molar-refractivity contribution in [2.75, 3.05) is 0 Å². The fourth-order valence-electron chi connectivity index (χ4n) is 9.84. The molecule has 2 aliphatic carbocycles. The summed E-state index contributed by atoms with van der Waals surface area (Å²) in [7, 11) is 0. The van der Waals surface area contributed by atoms with Crippen molar-refractivity contribution in [2.45, 2.75) is 5.41 Å². The summed E-state index contributed by atoms with van der Waals surface area (Å²) in [4.78, 5) is 9.55. The molecule has 0 amide bonds. The first-order valence-electron chi connectivity index (χ1n) is 19.0. The van der Waals surface area contributed by atoms with Gasteiger partial charge in [-0.1, -0.05) is 140 Å². The first kappa shape index (κ1) is 30.3. The Bertz CT molecular complexity index is 3170. The third-order valence-electron chi connectivity index (χ3n) is 12.1. The molecule has 1 spiro atoms. The van der Waals surface area contributed by atoms with E-state index < -0.39 is 5.41 Å². The molecular formula is C53H32N2. The normalized spacial score (nSPS) is 13.2. The Morgan fingerprint density at radius 1 is 0.345 bits per heavy atom. The molecule has 2 aromatic heterocycles. The highest BCUT2D eigenvalue weighted by molar-refractivity contribution is 6.20. The van der Waals surface area contributed by atoms with Gasteiger partial charge in [-0.15, -0.1) is 0 Å². The van der Waals surface area contributed by atoms with Crippen molar-refractivity contribution in [1.29, 1.82) is 0 Å². The molecule has 2 heteroatoms. The Morgan fingerprint density at radius 3 is 1.75 bits per heavy atom. The third-order valence-corrected chi connectivity index (χ3v) is 12.1. The van der Waals surface area contributed by atoms with Crippen LogP contribution in [-0.2, 0) is 5.41 Å². The van der Waals surface area contributed by atoms with E-state index in [9.17, 15) is 0 Å². The van der Waals surface area contributed by atoms with Gasteiger partial charge in [-0.2, -0.15) is 0 Å². The molecule has 0 aliphatic heterocycles. The van der Waals surface area contributed by atoms with Gasteiger partial charge in [0.2, 0.25) is 0 Å². The summed E-state index contributed by atoms with van der Waals surface area (Å²) in [6, 6.07) is 69.1. The van der Waals surface area contributed by atoms with Gasteiger partial charge in [0.15, 0.2) is 0 Å². The molecule has 0 saturated carbocycles. The molecule has 12 rings (SSSR count). The highest BCUT2D eigenvalue weighted by Crippen LogP contribution is 2.65. The monoisotopic (exact) mass is 696 g/mol. The molecule has 0 unspecified atom stereocenters. The van der Waals surface area contributed by atoms with E-state index in [0.717, 1.165) is 28.2 Å². The topological polar surface area (TPSA) is 25.8 Å². The molecule has 0 saturated heterocycles. The van der Waals surface area contributed by atoms with Crippen LogP contribution in [0.1, 0.15) is 22.3 Å². The van der Waals surface area contributed by atoms with Gasteiger partial charge in [0.05, 0.1) is 22.5 Å². The zero-order chi connectivity index (χ0) is 36.1. The van der Waals surface area contributed by atoms with Crippen LogP contribution in [0.15, 0.2) is 194 Å². The van der Waals surface area contributed by atoms with Crippen LogP contribution in [0.3, 0.4) is 0 Å². The third kappa shape index (κ3) is 4.19. The van der Waals surface area contributed by atoms with E-state index in [2.05, 4.69) is 169 Å². The molecular weight excluding hydrogens is 665 g/mol. The number of benzene rings is 8. The number of hydrogen-bond donors (Lipinski definition) is 0. The summed E-state index contributed by atoms with van der Waals surface area (Å²) in [5.74, 6) is 0. The Hall–Kier alpha value is -7.16. The standard InChI is InChI=1S/C53H32N2/c1-3-19-42-38(15-1)39-16-2-4-20-43(39)52-51(42)44-31-35-27-26-34(33-13-11-14-36(29-33)48-24-12-25-50(55-48)49-23-9-10-28-54-49)30-37(35)32-47(44)53(52)45-21-7-5-17-40(45)41-18-6-8-22-46(41)53/h1-32H. The van der Waals surface area contributed by atoms with Crippen molar-refractivity contribution in [1.82, 2.24) is 9.97 Å². The van der Waals surface area contributed by atoms with Crippen molar-refractivity contribution in [3.8, 4) is 56.0 Å². The summed E-state index contributed by atoms with van der Waals surface area (Å²) in [6.07, 6.45) is 1.81. The van der Waals surface area contributed by atoms with Crippen LogP contribution in [0.4, 0.5) is 0 Å². The maximum absolute atomic E-state index is 5.02. The minimum Gasteiger partial charge on any atom is -0.255 e. The molecule has 0 atom stereocenters. The molecule has 10 aromatic rings. The lowest BCUT2D eigenvalue weighted by Crippen LogP contribution is -2.26. The number of pyridine rings is 2. The van der Waals surface area contributed by atoms with Crippen molar-refractivity contribution in [2.24, 2.45) is 0 Å². The maximum atomic E-state index is 5.02. The second kappa shape index (κ2) is 11.4. The Labute approximate surface area is 319 Å². The van der Waals surface area contributed by atoms with Crippen LogP contribution in [0, 0.1) is 0 Å². The lowest BCUT2D eigenvalue weighted by Gasteiger charge is -2.32. The molecule has 0 N–H and O–H groups in total. The number of aromatic nitrogens is 2. The van der Waals surface area contributed by atoms with Crippen molar-refractivity contribution < 1.29 is 0 Å².